The second-order valence-electron chi connectivity index (χ2n) is 4.17. The largest absolute Gasteiger partial charge is 0.309 e. The summed E-state index contributed by atoms with van der Waals surface area (Å²) in [5.41, 5.74) is 1.12. The van der Waals surface area contributed by atoms with E-state index in [1.807, 2.05) is 0 Å². The van der Waals surface area contributed by atoms with Gasteiger partial charge in [-0.1, -0.05) is 11.6 Å². The summed E-state index contributed by atoms with van der Waals surface area (Å²) in [5, 5.41) is 9.21. The van der Waals surface area contributed by atoms with Crippen molar-refractivity contribution in [1.82, 2.24) is 19.6 Å². The number of pyridine rings is 1. The summed E-state index contributed by atoms with van der Waals surface area (Å²) < 4.78 is 14.6. The normalized spacial score (nSPS) is 10.9. The maximum Gasteiger partial charge on any atom is 0.231 e. The van der Waals surface area contributed by atoms with Crippen LogP contribution in [0.4, 0.5) is 10.2 Å². The van der Waals surface area contributed by atoms with Gasteiger partial charge in [0.05, 0.1) is 12.1 Å². The van der Waals surface area contributed by atoms with E-state index in [-0.39, 0.29) is 18.1 Å². The zero-order valence-corrected chi connectivity index (χ0v) is 10.9. The first kappa shape index (κ1) is 12.6. The fraction of sp³-hybridized carbons (Fsp3) is 0.0833. The van der Waals surface area contributed by atoms with Crippen LogP contribution in [0.15, 0.2) is 30.6 Å². The number of imidazole rings is 1. The lowest BCUT2D eigenvalue weighted by molar-refractivity contribution is -0.115. The van der Waals surface area contributed by atoms with Gasteiger partial charge in [0.2, 0.25) is 5.91 Å². The third kappa shape index (κ3) is 2.62. The van der Waals surface area contributed by atoms with E-state index in [4.69, 9.17) is 11.6 Å². The summed E-state index contributed by atoms with van der Waals surface area (Å²) in [5.74, 6) is -0.302. The number of anilines is 1. The fourth-order valence-corrected chi connectivity index (χ4v) is 1.96. The summed E-state index contributed by atoms with van der Waals surface area (Å²) >= 11 is 5.65. The van der Waals surface area contributed by atoms with Crippen molar-refractivity contribution >= 4 is 29.0 Å². The summed E-state index contributed by atoms with van der Waals surface area (Å²) in [6, 6.07) is 4.36. The first-order valence-electron chi connectivity index (χ1n) is 5.74. The van der Waals surface area contributed by atoms with Gasteiger partial charge in [0.1, 0.15) is 16.6 Å². The highest BCUT2D eigenvalue weighted by atomic mass is 35.5. The van der Waals surface area contributed by atoms with Crippen LogP contribution in [0.5, 0.6) is 0 Å². The minimum Gasteiger partial charge on any atom is -0.309 e. The molecule has 3 aromatic heterocycles. The molecule has 0 aliphatic carbocycles. The van der Waals surface area contributed by atoms with Crippen molar-refractivity contribution in [2.75, 3.05) is 5.32 Å². The van der Waals surface area contributed by atoms with Gasteiger partial charge in [0.25, 0.3) is 0 Å². The van der Waals surface area contributed by atoms with Crippen LogP contribution in [-0.4, -0.2) is 25.5 Å². The molecule has 6 nitrogen and oxygen atoms in total. The Hall–Kier alpha value is -2.41. The van der Waals surface area contributed by atoms with E-state index >= 15 is 0 Å². The number of aromatic nitrogens is 4. The lowest BCUT2D eigenvalue weighted by atomic mass is 10.3. The van der Waals surface area contributed by atoms with E-state index in [9.17, 15) is 9.18 Å². The van der Waals surface area contributed by atoms with E-state index < -0.39 is 0 Å². The topological polar surface area (TPSA) is 75.1 Å². The van der Waals surface area contributed by atoms with Crippen LogP contribution < -0.4 is 5.32 Å². The molecule has 0 aliphatic heterocycles. The van der Waals surface area contributed by atoms with Crippen LogP contribution in [0.3, 0.4) is 0 Å². The van der Waals surface area contributed by atoms with Gasteiger partial charge in [0.15, 0.2) is 5.82 Å². The Morgan fingerprint density at radius 1 is 1.45 bits per heavy atom. The Morgan fingerprint density at radius 3 is 3.05 bits per heavy atom. The Labute approximate surface area is 117 Å². The molecule has 0 aliphatic rings. The number of H-pyrrole nitrogens is 1. The quantitative estimate of drug-likeness (QED) is 0.776. The summed E-state index contributed by atoms with van der Waals surface area (Å²) in [7, 11) is 0. The van der Waals surface area contributed by atoms with E-state index in [0.29, 0.717) is 22.3 Å². The molecule has 0 unspecified atom stereocenters. The molecular weight excluding hydrogens is 285 g/mol. The minimum atomic E-state index is -0.364. The van der Waals surface area contributed by atoms with Crippen molar-refractivity contribution in [3.05, 3.63) is 47.3 Å². The van der Waals surface area contributed by atoms with Gasteiger partial charge in [-0.2, -0.15) is 5.10 Å². The lowest BCUT2D eigenvalue weighted by Gasteiger charge is -1.98. The zero-order valence-electron chi connectivity index (χ0n) is 10.1. The highest BCUT2D eigenvalue weighted by Gasteiger charge is 2.10. The van der Waals surface area contributed by atoms with E-state index in [1.165, 1.54) is 22.7 Å². The maximum atomic E-state index is 13.0. The molecule has 0 radical (unpaired) electrons. The number of nitrogens with one attached hydrogen (secondary N) is 2. The van der Waals surface area contributed by atoms with Crippen molar-refractivity contribution in [2.24, 2.45) is 0 Å². The van der Waals surface area contributed by atoms with Crippen molar-refractivity contribution in [1.29, 1.82) is 0 Å². The molecule has 0 saturated carbocycles. The number of aromatic amines is 1. The molecule has 0 fully saturated rings. The number of carbonyl (C=O) groups excluding carboxylic acids is 1. The maximum absolute atomic E-state index is 13.0. The van der Waals surface area contributed by atoms with Crippen LogP contribution >= 0.6 is 11.6 Å². The average Bonchev–Trinajstić information content (AvgIpc) is 2.94. The van der Waals surface area contributed by atoms with Crippen LogP contribution in [-0.2, 0) is 11.2 Å². The Bertz CT molecular complexity index is 781. The molecule has 0 aromatic carbocycles. The zero-order chi connectivity index (χ0) is 14.1. The van der Waals surface area contributed by atoms with Crippen LogP contribution in [0, 0.1) is 5.82 Å². The molecule has 3 rings (SSSR count). The van der Waals surface area contributed by atoms with Crippen LogP contribution in [0.1, 0.15) is 5.69 Å². The van der Waals surface area contributed by atoms with E-state index in [0.717, 1.165) is 0 Å². The summed E-state index contributed by atoms with van der Waals surface area (Å²) in [6.07, 6.45) is 2.97. The fourth-order valence-electron chi connectivity index (χ4n) is 1.82. The van der Waals surface area contributed by atoms with Crippen LogP contribution in [0.2, 0.25) is 5.15 Å². The molecule has 3 aromatic rings. The number of hydrogen-bond acceptors (Lipinski definition) is 3. The van der Waals surface area contributed by atoms with Crippen molar-refractivity contribution in [3.8, 4) is 0 Å². The SMILES string of the molecule is O=C(Cc1cn2cc(F)ccc2n1)Nc1cc(Cl)[nH]n1. The monoisotopic (exact) mass is 293 g/mol. The lowest BCUT2D eigenvalue weighted by Crippen LogP contribution is -2.14. The molecule has 2 N–H and O–H groups in total. The first-order valence-corrected chi connectivity index (χ1v) is 6.12. The molecule has 20 heavy (non-hydrogen) atoms. The highest BCUT2D eigenvalue weighted by molar-refractivity contribution is 6.29. The minimum absolute atomic E-state index is 0.0633. The number of hydrogen-bond donors (Lipinski definition) is 2. The predicted molar refractivity (Wildman–Crippen MR) is 71.1 cm³/mol. The summed E-state index contributed by atoms with van der Waals surface area (Å²) in [4.78, 5) is 16.0. The molecule has 0 spiro atoms. The number of rotatable bonds is 3. The van der Waals surface area contributed by atoms with Crippen molar-refractivity contribution < 1.29 is 9.18 Å². The van der Waals surface area contributed by atoms with Gasteiger partial charge in [-0.3, -0.25) is 9.89 Å². The van der Waals surface area contributed by atoms with Gasteiger partial charge in [-0.25, -0.2) is 9.37 Å². The van der Waals surface area contributed by atoms with Crippen LogP contribution in [0.25, 0.3) is 5.65 Å². The molecule has 8 heteroatoms. The standard InChI is InChI=1S/C12H9ClFN5O/c13-9-4-10(18-17-9)16-12(20)3-8-6-19-5-7(14)1-2-11(19)15-8/h1-2,4-6H,3H2,(H2,16,17,18,20). The van der Waals surface area contributed by atoms with Crippen molar-refractivity contribution in [3.63, 3.8) is 0 Å². The van der Waals surface area contributed by atoms with Gasteiger partial charge in [0, 0.05) is 18.5 Å². The number of fused-ring (bicyclic) bond motifs is 1. The first-order chi connectivity index (χ1) is 9.60. The molecule has 1 amide bonds. The smallest absolute Gasteiger partial charge is 0.231 e. The number of carbonyl (C=O) groups is 1. The predicted octanol–water partition coefficient (Wildman–Crippen LogP) is 2.03. The second kappa shape index (κ2) is 4.93. The number of halogens is 2. The highest BCUT2D eigenvalue weighted by Crippen LogP contribution is 2.11. The van der Waals surface area contributed by atoms with E-state index in [1.54, 1.807) is 12.3 Å². The second-order valence-corrected chi connectivity index (χ2v) is 4.58. The Kier molecular flexibility index (Phi) is 3.11. The molecule has 0 bridgehead atoms. The molecule has 0 saturated heterocycles. The van der Waals surface area contributed by atoms with Crippen molar-refractivity contribution in [2.45, 2.75) is 6.42 Å². The third-order valence-electron chi connectivity index (χ3n) is 2.62. The van der Waals surface area contributed by atoms with Gasteiger partial charge in [-0.05, 0) is 12.1 Å². The molecule has 102 valence electrons. The van der Waals surface area contributed by atoms with E-state index in [2.05, 4.69) is 20.5 Å². The summed E-state index contributed by atoms with van der Waals surface area (Å²) in [6.45, 7) is 0. The molecule has 0 atom stereocenters. The molecular formula is C12H9ClFN5O. The number of nitrogens with zero attached hydrogens (tertiary/aromatic N) is 3. The molecule has 3 heterocycles. The van der Waals surface area contributed by atoms with Gasteiger partial charge < -0.3 is 9.72 Å². The van der Waals surface area contributed by atoms with Gasteiger partial charge >= 0.3 is 0 Å². The van der Waals surface area contributed by atoms with Gasteiger partial charge in [-0.15, -0.1) is 0 Å². The Balaban J connectivity index is 1.73. The Morgan fingerprint density at radius 2 is 2.30 bits per heavy atom. The third-order valence-corrected chi connectivity index (χ3v) is 2.81. The average molecular weight is 294 g/mol. The number of amides is 1.